The summed E-state index contributed by atoms with van der Waals surface area (Å²) in [5.41, 5.74) is 0.218. The van der Waals surface area contributed by atoms with Crippen LogP contribution in [0.1, 0.15) is 30.1 Å². The van der Waals surface area contributed by atoms with Crippen LogP contribution in [-0.4, -0.2) is 41.7 Å². The van der Waals surface area contributed by atoms with Gasteiger partial charge in [0.1, 0.15) is 0 Å². The Labute approximate surface area is 111 Å². The largest absolute Gasteiger partial charge is 0.490 e. The monoisotopic (exact) mass is 267 g/mol. The lowest BCUT2D eigenvalue weighted by Crippen LogP contribution is -2.42. The van der Waals surface area contributed by atoms with Gasteiger partial charge in [0.15, 0.2) is 11.6 Å². The minimum absolute atomic E-state index is 0.00457. The number of piperidine rings is 1. The van der Waals surface area contributed by atoms with Crippen molar-refractivity contribution in [3.8, 4) is 5.75 Å². The van der Waals surface area contributed by atoms with E-state index >= 15 is 0 Å². The molecule has 0 saturated carbocycles. The Hall–Kier alpha value is -1.62. The molecule has 2 rings (SSSR count). The zero-order valence-corrected chi connectivity index (χ0v) is 10.9. The molecule has 0 radical (unpaired) electrons. The number of benzene rings is 1. The van der Waals surface area contributed by atoms with E-state index in [0.29, 0.717) is 26.1 Å². The van der Waals surface area contributed by atoms with Crippen molar-refractivity contribution in [1.29, 1.82) is 0 Å². The second-order valence-corrected chi connectivity index (χ2v) is 4.60. The summed E-state index contributed by atoms with van der Waals surface area (Å²) in [5.74, 6) is -0.831. The molecular weight excluding hydrogens is 249 g/mol. The van der Waals surface area contributed by atoms with Crippen LogP contribution in [0.5, 0.6) is 5.75 Å². The third-order valence-corrected chi connectivity index (χ3v) is 3.17. The summed E-state index contributed by atoms with van der Waals surface area (Å²) in [4.78, 5) is 13.9. The third kappa shape index (κ3) is 3.04. The summed E-state index contributed by atoms with van der Waals surface area (Å²) in [5, 5.41) is 9.60. The highest BCUT2D eigenvalue weighted by Crippen LogP contribution is 2.25. The number of nitrogens with zero attached hydrogens (tertiary/aromatic N) is 1. The topological polar surface area (TPSA) is 49.8 Å². The summed E-state index contributed by atoms with van der Waals surface area (Å²) in [6.07, 6.45) is 0.957. The van der Waals surface area contributed by atoms with Crippen LogP contribution >= 0.6 is 0 Å². The molecule has 1 aliphatic heterocycles. The fourth-order valence-corrected chi connectivity index (χ4v) is 2.28. The summed E-state index contributed by atoms with van der Waals surface area (Å²) < 4.78 is 18.9. The van der Waals surface area contributed by atoms with Crippen molar-refractivity contribution >= 4 is 5.91 Å². The van der Waals surface area contributed by atoms with E-state index in [4.69, 9.17) is 4.74 Å². The molecule has 5 heteroatoms. The maximum absolute atomic E-state index is 13.7. The number of halogens is 1. The summed E-state index contributed by atoms with van der Waals surface area (Å²) >= 11 is 0. The lowest BCUT2D eigenvalue weighted by Gasteiger charge is -2.30. The van der Waals surface area contributed by atoms with Crippen LogP contribution in [0.25, 0.3) is 0 Å². The number of aliphatic hydroxyl groups excluding tert-OH is 1. The number of hydrogen-bond acceptors (Lipinski definition) is 3. The van der Waals surface area contributed by atoms with Crippen LogP contribution in [0.15, 0.2) is 18.2 Å². The number of carbonyl (C=O) groups is 1. The van der Waals surface area contributed by atoms with Crippen LogP contribution in [0.2, 0.25) is 0 Å². The van der Waals surface area contributed by atoms with E-state index in [-0.39, 0.29) is 17.2 Å². The average Bonchev–Trinajstić information content (AvgIpc) is 2.40. The fourth-order valence-electron chi connectivity index (χ4n) is 2.28. The Morgan fingerprint density at radius 1 is 1.58 bits per heavy atom. The van der Waals surface area contributed by atoms with Gasteiger partial charge >= 0.3 is 0 Å². The molecule has 1 fully saturated rings. The van der Waals surface area contributed by atoms with Crippen molar-refractivity contribution in [2.24, 2.45) is 0 Å². The SMILES string of the molecule is CCOc1c(F)cccc1C(=O)N1CCCC(O)C1. The van der Waals surface area contributed by atoms with Crippen LogP contribution < -0.4 is 4.74 Å². The average molecular weight is 267 g/mol. The van der Waals surface area contributed by atoms with Gasteiger partial charge in [-0.05, 0) is 31.9 Å². The zero-order chi connectivity index (χ0) is 13.8. The molecule has 1 atom stereocenters. The van der Waals surface area contributed by atoms with Gasteiger partial charge < -0.3 is 14.7 Å². The maximum Gasteiger partial charge on any atom is 0.257 e. The number of carbonyl (C=O) groups excluding carboxylic acids is 1. The molecular formula is C14H18FNO3. The molecule has 4 nitrogen and oxygen atoms in total. The van der Waals surface area contributed by atoms with Gasteiger partial charge in [-0.15, -0.1) is 0 Å². The van der Waals surface area contributed by atoms with Crippen LogP contribution in [0.4, 0.5) is 4.39 Å². The Balaban J connectivity index is 2.25. The first-order valence-electron chi connectivity index (χ1n) is 6.52. The van der Waals surface area contributed by atoms with E-state index in [9.17, 15) is 14.3 Å². The van der Waals surface area contributed by atoms with Crippen molar-refractivity contribution in [3.63, 3.8) is 0 Å². The van der Waals surface area contributed by atoms with Gasteiger partial charge in [0, 0.05) is 13.1 Å². The second-order valence-electron chi connectivity index (χ2n) is 4.60. The quantitative estimate of drug-likeness (QED) is 0.908. The van der Waals surface area contributed by atoms with E-state index in [1.165, 1.54) is 12.1 Å². The number of amides is 1. The Morgan fingerprint density at radius 2 is 2.37 bits per heavy atom. The number of ether oxygens (including phenoxy) is 1. The predicted molar refractivity (Wildman–Crippen MR) is 68.7 cm³/mol. The van der Waals surface area contributed by atoms with Gasteiger partial charge in [-0.25, -0.2) is 4.39 Å². The van der Waals surface area contributed by atoms with Crippen LogP contribution in [-0.2, 0) is 0 Å². The van der Waals surface area contributed by atoms with Crippen molar-refractivity contribution < 1.29 is 19.0 Å². The van der Waals surface area contributed by atoms with Gasteiger partial charge in [-0.1, -0.05) is 6.07 Å². The first-order valence-corrected chi connectivity index (χ1v) is 6.52. The number of para-hydroxylation sites is 1. The Bertz CT molecular complexity index is 464. The molecule has 1 heterocycles. The number of hydrogen-bond donors (Lipinski definition) is 1. The molecule has 1 N–H and O–H groups in total. The minimum atomic E-state index is -0.537. The maximum atomic E-state index is 13.7. The number of aliphatic hydroxyl groups is 1. The van der Waals surface area contributed by atoms with E-state index < -0.39 is 11.9 Å². The minimum Gasteiger partial charge on any atom is -0.490 e. The molecule has 0 spiro atoms. The summed E-state index contributed by atoms with van der Waals surface area (Å²) in [7, 11) is 0. The van der Waals surface area contributed by atoms with Gasteiger partial charge in [-0.2, -0.15) is 0 Å². The fraction of sp³-hybridized carbons (Fsp3) is 0.500. The first-order chi connectivity index (χ1) is 9.13. The van der Waals surface area contributed by atoms with Crippen molar-refractivity contribution in [2.75, 3.05) is 19.7 Å². The van der Waals surface area contributed by atoms with E-state index in [1.807, 2.05) is 0 Å². The molecule has 1 aliphatic rings. The second kappa shape index (κ2) is 6.02. The van der Waals surface area contributed by atoms with Gasteiger partial charge in [0.2, 0.25) is 0 Å². The summed E-state index contributed by atoms with van der Waals surface area (Å²) in [6.45, 7) is 2.91. The standard InChI is InChI=1S/C14H18FNO3/c1-2-19-13-11(6-3-7-12(13)15)14(18)16-8-4-5-10(17)9-16/h3,6-7,10,17H,2,4-5,8-9H2,1H3. The molecule has 1 aromatic rings. The van der Waals surface area contributed by atoms with Crippen LogP contribution in [0, 0.1) is 5.82 Å². The van der Waals surface area contributed by atoms with Gasteiger partial charge in [-0.3, -0.25) is 4.79 Å². The molecule has 1 unspecified atom stereocenters. The number of β-amino-alcohol motifs (C(OH)–C–C–N with tert-alkyl or cyclic N) is 1. The molecule has 0 bridgehead atoms. The predicted octanol–water partition coefficient (Wildman–Crippen LogP) is 1.82. The molecule has 1 aromatic carbocycles. The lowest BCUT2D eigenvalue weighted by molar-refractivity contribution is 0.0470. The molecule has 104 valence electrons. The lowest BCUT2D eigenvalue weighted by atomic mass is 10.1. The Morgan fingerprint density at radius 3 is 3.05 bits per heavy atom. The van der Waals surface area contributed by atoms with Crippen molar-refractivity contribution in [3.05, 3.63) is 29.6 Å². The highest BCUT2D eigenvalue weighted by molar-refractivity contribution is 5.97. The molecule has 1 saturated heterocycles. The molecule has 19 heavy (non-hydrogen) atoms. The van der Waals surface area contributed by atoms with E-state index in [1.54, 1.807) is 17.9 Å². The number of rotatable bonds is 3. The van der Waals surface area contributed by atoms with Gasteiger partial charge in [0.05, 0.1) is 18.3 Å². The number of likely N-dealkylation sites (tertiary alicyclic amines) is 1. The van der Waals surface area contributed by atoms with Crippen molar-refractivity contribution in [2.45, 2.75) is 25.9 Å². The summed E-state index contributed by atoms with van der Waals surface area (Å²) in [6, 6.07) is 4.32. The highest BCUT2D eigenvalue weighted by atomic mass is 19.1. The third-order valence-electron chi connectivity index (χ3n) is 3.17. The zero-order valence-electron chi connectivity index (χ0n) is 10.9. The molecule has 1 amide bonds. The smallest absolute Gasteiger partial charge is 0.257 e. The normalized spacial score (nSPS) is 19.3. The van der Waals surface area contributed by atoms with Crippen molar-refractivity contribution in [1.82, 2.24) is 4.90 Å². The van der Waals surface area contributed by atoms with Crippen LogP contribution in [0.3, 0.4) is 0 Å². The van der Waals surface area contributed by atoms with E-state index in [0.717, 1.165) is 6.42 Å². The van der Waals surface area contributed by atoms with E-state index in [2.05, 4.69) is 0 Å². The molecule has 0 aromatic heterocycles. The van der Waals surface area contributed by atoms with Gasteiger partial charge in [0.25, 0.3) is 5.91 Å². The highest BCUT2D eigenvalue weighted by Gasteiger charge is 2.26. The molecule has 0 aliphatic carbocycles. The Kier molecular flexibility index (Phi) is 4.37. The first kappa shape index (κ1) is 13.8.